The summed E-state index contributed by atoms with van der Waals surface area (Å²) in [5.41, 5.74) is 6.82. The number of hydrogen-bond acceptors (Lipinski definition) is 8. The lowest BCUT2D eigenvalue weighted by Gasteiger charge is -2.11. The summed E-state index contributed by atoms with van der Waals surface area (Å²) >= 11 is 0. The smallest absolute Gasteiger partial charge is 0.359 e. The average molecular weight is 450 g/mol. The summed E-state index contributed by atoms with van der Waals surface area (Å²) in [6.07, 6.45) is 0.563. The molecule has 33 heavy (non-hydrogen) atoms. The Balaban J connectivity index is 1.61. The van der Waals surface area contributed by atoms with Gasteiger partial charge in [0.05, 0.1) is 6.61 Å². The number of nitrogens with two attached hydrogens (primary N) is 1. The number of carbonyl (C=O) groups is 2. The monoisotopic (exact) mass is 450 g/mol. The normalized spacial score (nSPS) is 11.8. The van der Waals surface area contributed by atoms with Gasteiger partial charge in [-0.05, 0) is 43.2 Å². The molecule has 0 atom stereocenters. The van der Waals surface area contributed by atoms with Crippen LogP contribution in [0, 0.1) is 0 Å². The van der Waals surface area contributed by atoms with Gasteiger partial charge in [-0.1, -0.05) is 18.2 Å². The number of aryl methyl sites for hydroxylation is 2. The van der Waals surface area contributed by atoms with E-state index in [2.05, 4.69) is 5.32 Å². The zero-order chi connectivity index (χ0) is 23.4. The summed E-state index contributed by atoms with van der Waals surface area (Å²) < 4.78 is 21.2. The highest BCUT2D eigenvalue weighted by atomic mass is 16.7. The number of anilines is 2. The predicted molar refractivity (Wildman–Crippen MR) is 120 cm³/mol. The van der Waals surface area contributed by atoms with Crippen molar-refractivity contribution < 1.29 is 28.2 Å². The maximum atomic E-state index is 12.6. The molecule has 9 heteroatoms. The van der Waals surface area contributed by atoms with Gasteiger partial charge in [-0.3, -0.25) is 4.79 Å². The van der Waals surface area contributed by atoms with Crippen LogP contribution in [0.3, 0.4) is 0 Å². The first-order chi connectivity index (χ1) is 16.0. The summed E-state index contributed by atoms with van der Waals surface area (Å²) in [6.45, 7) is 1.93. The van der Waals surface area contributed by atoms with E-state index >= 15 is 0 Å². The molecule has 3 aromatic rings. The van der Waals surface area contributed by atoms with Crippen LogP contribution in [0.2, 0.25) is 0 Å². The Kier molecular flexibility index (Phi) is 6.30. The number of fused-ring (bicyclic) bond motifs is 1. The fourth-order valence-corrected chi connectivity index (χ4v) is 3.41. The molecular weight excluding hydrogens is 428 g/mol. The van der Waals surface area contributed by atoms with Gasteiger partial charge in [0.1, 0.15) is 17.0 Å². The predicted octanol–water partition coefficient (Wildman–Crippen LogP) is 3.16. The fourth-order valence-electron chi connectivity index (χ4n) is 3.41. The van der Waals surface area contributed by atoms with Crippen LogP contribution in [0.1, 0.15) is 39.0 Å². The van der Waals surface area contributed by atoms with E-state index in [1.165, 1.54) is 6.07 Å². The van der Waals surface area contributed by atoms with E-state index in [4.69, 9.17) is 24.4 Å². The van der Waals surface area contributed by atoms with Crippen molar-refractivity contribution >= 4 is 23.3 Å². The number of hydrogen-bond donors (Lipinski definition) is 2. The second kappa shape index (κ2) is 9.47. The molecule has 1 aliphatic rings. The van der Waals surface area contributed by atoms with Gasteiger partial charge in [-0.25, -0.2) is 9.59 Å². The molecule has 2 heterocycles. The highest BCUT2D eigenvalue weighted by Gasteiger charge is 2.21. The Bertz CT molecular complexity index is 1250. The molecule has 4 rings (SSSR count). The number of rotatable bonds is 7. The van der Waals surface area contributed by atoms with Gasteiger partial charge in [0, 0.05) is 23.7 Å². The molecule has 0 saturated carbocycles. The van der Waals surface area contributed by atoms with Gasteiger partial charge in [0.25, 0.3) is 5.91 Å². The summed E-state index contributed by atoms with van der Waals surface area (Å²) in [6, 6.07) is 13.1. The standard InChI is InChI=1S/C24H22N2O7/c1-2-30-23(28)16-11-18(26-22(27)14-6-4-3-5-7-14)24(29)33-19(16)9-8-15-10-20-21(12-17(15)25)32-13-31-20/h3-7,10-12H,2,8-9,13,25H2,1H3,(H,26,27). The number of carbonyl (C=O) groups excluding carboxylic acids is 2. The van der Waals surface area contributed by atoms with Crippen molar-refractivity contribution in [3.05, 3.63) is 81.4 Å². The Morgan fingerprint density at radius 1 is 1.06 bits per heavy atom. The van der Waals surface area contributed by atoms with E-state index < -0.39 is 17.5 Å². The molecule has 0 saturated heterocycles. The van der Waals surface area contributed by atoms with Gasteiger partial charge in [-0.2, -0.15) is 0 Å². The van der Waals surface area contributed by atoms with Crippen molar-refractivity contribution in [1.29, 1.82) is 0 Å². The molecular formula is C24H22N2O7. The quantitative estimate of drug-likeness (QED) is 0.415. The number of nitrogens with one attached hydrogen (secondary N) is 1. The summed E-state index contributed by atoms with van der Waals surface area (Å²) in [7, 11) is 0. The van der Waals surface area contributed by atoms with Crippen molar-refractivity contribution in [2.45, 2.75) is 19.8 Å². The lowest BCUT2D eigenvalue weighted by molar-refractivity contribution is 0.0520. The number of ether oxygens (including phenoxy) is 3. The van der Waals surface area contributed by atoms with Crippen LogP contribution in [-0.2, 0) is 17.6 Å². The van der Waals surface area contributed by atoms with Gasteiger partial charge in [0.15, 0.2) is 11.5 Å². The SMILES string of the molecule is CCOC(=O)c1cc(NC(=O)c2ccccc2)c(=O)oc1CCc1cc2c(cc1N)OCO2. The van der Waals surface area contributed by atoms with Crippen molar-refractivity contribution in [2.75, 3.05) is 24.5 Å². The second-order valence-corrected chi connectivity index (χ2v) is 7.23. The molecule has 9 nitrogen and oxygen atoms in total. The molecule has 0 unspecified atom stereocenters. The van der Waals surface area contributed by atoms with Crippen LogP contribution in [0.4, 0.5) is 11.4 Å². The van der Waals surface area contributed by atoms with Crippen LogP contribution >= 0.6 is 0 Å². The van der Waals surface area contributed by atoms with Crippen LogP contribution < -0.4 is 26.1 Å². The van der Waals surface area contributed by atoms with E-state index in [1.807, 2.05) is 0 Å². The van der Waals surface area contributed by atoms with Gasteiger partial charge in [0.2, 0.25) is 6.79 Å². The summed E-state index contributed by atoms with van der Waals surface area (Å²) in [5.74, 6) is 0.107. The molecule has 1 aliphatic heterocycles. The molecule has 3 N–H and O–H groups in total. The van der Waals surface area contributed by atoms with E-state index in [0.717, 1.165) is 5.56 Å². The highest BCUT2D eigenvalue weighted by Crippen LogP contribution is 2.36. The zero-order valence-corrected chi connectivity index (χ0v) is 17.9. The Labute approximate surface area is 189 Å². The Morgan fingerprint density at radius 2 is 1.79 bits per heavy atom. The van der Waals surface area contributed by atoms with Crippen molar-refractivity contribution in [3.8, 4) is 11.5 Å². The minimum absolute atomic E-state index is 0.0547. The maximum absolute atomic E-state index is 12.6. The summed E-state index contributed by atoms with van der Waals surface area (Å²) in [5, 5.41) is 2.50. The molecule has 1 aromatic heterocycles. The zero-order valence-electron chi connectivity index (χ0n) is 17.9. The second-order valence-electron chi connectivity index (χ2n) is 7.23. The number of amides is 1. The van der Waals surface area contributed by atoms with Gasteiger partial charge in [-0.15, -0.1) is 0 Å². The molecule has 0 aliphatic carbocycles. The van der Waals surface area contributed by atoms with Crippen molar-refractivity contribution in [3.63, 3.8) is 0 Å². The molecule has 0 spiro atoms. The number of benzene rings is 2. The summed E-state index contributed by atoms with van der Waals surface area (Å²) in [4.78, 5) is 37.6. The largest absolute Gasteiger partial charge is 0.462 e. The lowest BCUT2D eigenvalue weighted by atomic mass is 10.0. The van der Waals surface area contributed by atoms with Gasteiger partial charge < -0.3 is 29.7 Å². The van der Waals surface area contributed by atoms with E-state index in [1.54, 1.807) is 49.4 Å². The van der Waals surface area contributed by atoms with Crippen molar-refractivity contribution in [2.24, 2.45) is 0 Å². The third-order valence-electron chi connectivity index (χ3n) is 5.06. The third kappa shape index (κ3) is 4.82. The lowest BCUT2D eigenvalue weighted by Crippen LogP contribution is -2.21. The first-order valence-corrected chi connectivity index (χ1v) is 10.3. The Morgan fingerprint density at radius 3 is 2.52 bits per heavy atom. The van der Waals surface area contributed by atoms with Gasteiger partial charge >= 0.3 is 11.6 Å². The molecule has 2 aromatic carbocycles. The third-order valence-corrected chi connectivity index (χ3v) is 5.06. The van der Waals surface area contributed by atoms with Crippen LogP contribution in [0.5, 0.6) is 11.5 Å². The van der Waals surface area contributed by atoms with Crippen LogP contribution in [0.15, 0.2) is 57.7 Å². The first kappa shape index (κ1) is 21.9. The molecule has 1 amide bonds. The fraction of sp³-hybridized carbons (Fsp3) is 0.208. The Hall–Kier alpha value is -4.27. The minimum Gasteiger partial charge on any atom is -0.462 e. The maximum Gasteiger partial charge on any atom is 0.359 e. The minimum atomic E-state index is -0.777. The first-order valence-electron chi connectivity index (χ1n) is 10.3. The molecule has 0 radical (unpaired) electrons. The van der Waals surface area contributed by atoms with Crippen LogP contribution in [-0.4, -0.2) is 25.3 Å². The van der Waals surface area contributed by atoms with E-state index in [0.29, 0.717) is 29.2 Å². The topological polar surface area (TPSA) is 130 Å². The van der Waals surface area contributed by atoms with E-state index in [9.17, 15) is 14.4 Å². The molecule has 0 fully saturated rings. The highest BCUT2D eigenvalue weighted by molar-refractivity contribution is 6.04. The number of esters is 1. The van der Waals surface area contributed by atoms with Crippen LogP contribution in [0.25, 0.3) is 0 Å². The average Bonchev–Trinajstić information content (AvgIpc) is 3.26. The van der Waals surface area contributed by atoms with E-state index in [-0.39, 0.29) is 36.8 Å². The van der Waals surface area contributed by atoms with Crippen molar-refractivity contribution in [1.82, 2.24) is 0 Å². The molecule has 0 bridgehead atoms. The molecule has 170 valence electrons. The number of nitrogen functional groups attached to an aromatic ring is 1.